The van der Waals surface area contributed by atoms with Gasteiger partial charge < -0.3 is 19.5 Å². The lowest BCUT2D eigenvalue weighted by Gasteiger charge is -2.25. The number of amides is 1. The highest BCUT2D eigenvalue weighted by Gasteiger charge is 2.35. The molecule has 23 heavy (non-hydrogen) atoms. The predicted octanol–water partition coefficient (Wildman–Crippen LogP) is -0.113. The standard InChI is InChI=1S/C13H27BN6O3/c1-14(22)20(4)6-8-23-7-5-18(2)13(21)12-9-11(16-17-15)10-19(12)3/h11-12,22H,5-10H2,1-4H3/t11-,12-/m0/s1. The Labute approximate surface area is 137 Å². The van der Waals surface area contributed by atoms with Crippen molar-refractivity contribution in [1.82, 2.24) is 14.6 Å². The van der Waals surface area contributed by atoms with Gasteiger partial charge in [0.2, 0.25) is 5.91 Å². The number of hydrogen-bond donors (Lipinski definition) is 1. The number of hydrogen-bond acceptors (Lipinski definition) is 6. The number of nitrogens with zero attached hydrogens (tertiary/aromatic N) is 6. The van der Waals surface area contributed by atoms with E-state index < -0.39 is 7.05 Å². The lowest BCUT2D eigenvalue weighted by molar-refractivity contribution is -0.134. The number of carbonyl (C=O) groups excluding carboxylic acids is 1. The largest absolute Gasteiger partial charge is 0.437 e. The van der Waals surface area contributed by atoms with Gasteiger partial charge in [-0.2, -0.15) is 0 Å². The SMILES string of the molecule is CB(O)N(C)CCOCCN(C)C(=O)[C@@H]1C[C@H](N=[N+]=[N-])CN1C. The summed E-state index contributed by atoms with van der Waals surface area (Å²) in [6.45, 7) is 4.41. The van der Waals surface area contributed by atoms with Gasteiger partial charge in [0.25, 0.3) is 0 Å². The minimum atomic E-state index is -0.496. The molecule has 10 heteroatoms. The molecule has 1 saturated heterocycles. The molecule has 1 amide bonds. The molecule has 2 atom stereocenters. The summed E-state index contributed by atoms with van der Waals surface area (Å²) < 4.78 is 5.50. The minimum Gasteiger partial charge on any atom is -0.437 e. The third-order valence-corrected chi connectivity index (χ3v) is 4.20. The summed E-state index contributed by atoms with van der Waals surface area (Å²) in [5, 5.41) is 13.0. The highest BCUT2D eigenvalue weighted by Crippen LogP contribution is 2.20. The maximum absolute atomic E-state index is 12.4. The molecular weight excluding hydrogens is 299 g/mol. The van der Waals surface area contributed by atoms with E-state index in [1.165, 1.54) is 0 Å². The lowest BCUT2D eigenvalue weighted by atomic mass is 9.86. The van der Waals surface area contributed by atoms with Gasteiger partial charge in [-0.05, 0) is 32.9 Å². The predicted molar refractivity (Wildman–Crippen MR) is 88.9 cm³/mol. The number of likely N-dealkylation sites (N-methyl/N-ethyl adjacent to an activating group) is 3. The Morgan fingerprint density at radius 3 is 2.74 bits per heavy atom. The van der Waals surface area contributed by atoms with E-state index in [-0.39, 0.29) is 18.0 Å². The van der Waals surface area contributed by atoms with Crippen molar-refractivity contribution in [3.05, 3.63) is 10.4 Å². The number of ether oxygens (including phenoxy) is 1. The fourth-order valence-corrected chi connectivity index (χ4v) is 2.48. The fourth-order valence-electron chi connectivity index (χ4n) is 2.48. The maximum Gasteiger partial charge on any atom is 0.376 e. The van der Waals surface area contributed by atoms with Gasteiger partial charge in [-0.25, -0.2) is 0 Å². The number of likely N-dealkylation sites (tertiary alicyclic amines) is 1. The van der Waals surface area contributed by atoms with E-state index >= 15 is 0 Å². The first-order chi connectivity index (χ1) is 10.9. The number of rotatable bonds is 9. The van der Waals surface area contributed by atoms with Crippen LogP contribution in [0.15, 0.2) is 5.11 Å². The maximum atomic E-state index is 12.4. The zero-order valence-corrected chi connectivity index (χ0v) is 14.4. The molecule has 1 aliphatic heterocycles. The van der Waals surface area contributed by atoms with Gasteiger partial charge in [0.1, 0.15) is 0 Å². The van der Waals surface area contributed by atoms with E-state index in [9.17, 15) is 9.82 Å². The zero-order chi connectivity index (χ0) is 17.4. The minimum absolute atomic E-state index is 0.0211. The molecule has 0 bridgehead atoms. The summed E-state index contributed by atoms with van der Waals surface area (Å²) in [7, 11) is 4.94. The topological polar surface area (TPSA) is 105 Å². The molecule has 9 nitrogen and oxygen atoms in total. The second-order valence-corrected chi connectivity index (χ2v) is 6.03. The van der Waals surface area contributed by atoms with Gasteiger partial charge in [-0.3, -0.25) is 9.69 Å². The number of carbonyl (C=O) groups is 1. The average molecular weight is 326 g/mol. The van der Waals surface area contributed by atoms with E-state index in [2.05, 4.69) is 10.0 Å². The van der Waals surface area contributed by atoms with Crippen LogP contribution in [0.25, 0.3) is 10.4 Å². The molecule has 1 heterocycles. The smallest absolute Gasteiger partial charge is 0.376 e. The molecule has 130 valence electrons. The molecule has 1 fully saturated rings. The molecule has 0 aromatic heterocycles. The molecule has 0 radical (unpaired) electrons. The van der Waals surface area contributed by atoms with Crippen LogP contribution in [0.5, 0.6) is 0 Å². The summed E-state index contributed by atoms with van der Waals surface area (Å²) in [6.07, 6.45) is 0.559. The average Bonchev–Trinajstić information content (AvgIpc) is 2.86. The van der Waals surface area contributed by atoms with Gasteiger partial charge in [0.05, 0.1) is 25.3 Å². The quantitative estimate of drug-likeness (QED) is 0.209. The molecule has 0 aliphatic carbocycles. The normalized spacial score (nSPS) is 21.3. The van der Waals surface area contributed by atoms with Crippen LogP contribution in [0.4, 0.5) is 0 Å². The molecule has 0 unspecified atom stereocenters. The van der Waals surface area contributed by atoms with E-state index in [1.54, 1.807) is 23.6 Å². The summed E-state index contributed by atoms with van der Waals surface area (Å²) in [6, 6.07) is -0.378. The first-order valence-corrected chi connectivity index (χ1v) is 7.82. The van der Waals surface area contributed by atoms with Crippen molar-refractivity contribution in [3.8, 4) is 0 Å². The highest BCUT2D eigenvalue weighted by atomic mass is 16.5. The van der Waals surface area contributed by atoms with Crippen molar-refractivity contribution in [1.29, 1.82) is 0 Å². The van der Waals surface area contributed by atoms with Gasteiger partial charge in [0, 0.05) is 31.6 Å². The van der Waals surface area contributed by atoms with Crippen LogP contribution < -0.4 is 0 Å². The van der Waals surface area contributed by atoms with Crippen molar-refractivity contribution >= 4 is 13.0 Å². The Morgan fingerprint density at radius 1 is 1.48 bits per heavy atom. The molecule has 1 N–H and O–H groups in total. The van der Waals surface area contributed by atoms with E-state index in [4.69, 9.17) is 10.3 Å². The molecule has 0 spiro atoms. The Bertz CT molecular complexity index is 432. The Morgan fingerprint density at radius 2 is 2.13 bits per heavy atom. The van der Waals surface area contributed by atoms with Crippen molar-refractivity contribution in [3.63, 3.8) is 0 Å². The van der Waals surface area contributed by atoms with Crippen LogP contribution in [0.3, 0.4) is 0 Å². The molecule has 0 aromatic rings. The highest BCUT2D eigenvalue weighted by molar-refractivity contribution is 6.45. The van der Waals surface area contributed by atoms with Crippen LogP contribution in [0.2, 0.25) is 6.82 Å². The van der Waals surface area contributed by atoms with Gasteiger partial charge in [-0.15, -0.1) is 0 Å². The van der Waals surface area contributed by atoms with Crippen molar-refractivity contribution < 1.29 is 14.6 Å². The first kappa shape index (κ1) is 19.7. The van der Waals surface area contributed by atoms with E-state index in [0.717, 1.165) is 0 Å². The zero-order valence-electron chi connectivity index (χ0n) is 14.4. The van der Waals surface area contributed by atoms with Crippen molar-refractivity contribution in [2.24, 2.45) is 5.11 Å². The monoisotopic (exact) mass is 326 g/mol. The lowest BCUT2D eigenvalue weighted by Crippen LogP contribution is -2.43. The van der Waals surface area contributed by atoms with Gasteiger partial charge >= 0.3 is 7.05 Å². The second-order valence-electron chi connectivity index (χ2n) is 6.03. The Hall–Kier alpha value is -1.32. The van der Waals surface area contributed by atoms with Crippen LogP contribution in [0.1, 0.15) is 6.42 Å². The van der Waals surface area contributed by atoms with Crippen LogP contribution in [-0.4, -0.2) is 98.7 Å². The summed E-state index contributed by atoms with van der Waals surface area (Å²) in [5.41, 5.74) is 8.50. The molecule has 1 aliphatic rings. The molecule has 0 saturated carbocycles. The van der Waals surface area contributed by atoms with Crippen molar-refractivity contribution in [2.45, 2.75) is 25.3 Å². The van der Waals surface area contributed by atoms with Crippen LogP contribution in [-0.2, 0) is 9.53 Å². The summed E-state index contributed by atoms with van der Waals surface area (Å²) in [5.74, 6) is 0.0211. The second kappa shape index (κ2) is 9.74. The summed E-state index contributed by atoms with van der Waals surface area (Å²) in [4.78, 5) is 20.6. The van der Waals surface area contributed by atoms with Gasteiger partial charge in [-0.1, -0.05) is 5.11 Å². The summed E-state index contributed by atoms with van der Waals surface area (Å²) >= 11 is 0. The number of azide groups is 1. The fraction of sp³-hybridized carbons (Fsp3) is 0.923. The third-order valence-electron chi connectivity index (χ3n) is 4.20. The van der Waals surface area contributed by atoms with Crippen LogP contribution >= 0.6 is 0 Å². The Kier molecular flexibility index (Phi) is 8.36. The molecule has 1 rings (SSSR count). The van der Waals surface area contributed by atoms with Crippen LogP contribution in [0, 0.1) is 0 Å². The van der Waals surface area contributed by atoms with E-state index in [0.29, 0.717) is 39.3 Å². The van der Waals surface area contributed by atoms with Crippen molar-refractivity contribution in [2.75, 3.05) is 54.0 Å². The Balaban J connectivity index is 2.28. The van der Waals surface area contributed by atoms with E-state index in [1.807, 2.05) is 19.0 Å². The molecular formula is C13H27BN6O3. The first-order valence-electron chi connectivity index (χ1n) is 7.82. The van der Waals surface area contributed by atoms with Gasteiger partial charge in [0.15, 0.2) is 0 Å². The third kappa shape index (κ3) is 6.36. The molecule has 0 aromatic carbocycles.